The van der Waals surface area contributed by atoms with E-state index in [9.17, 15) is 4.79 Å². The third kappa shape index (κ3) is 5.96. The van der Waals surface area contributed by atoms with E-state index in [1.165, 1.54) is 17.2 Å². The topological polar surface area (TPSA) is 46.5 Å². The lowest BCUT2D eigenvalue weighted by molar-refractivity contribution is -0.131. The molecule has 3 heteroatoms. The van der Waals surface area contributed by atoms with E-state index in [4.69, 9.17) is 9.84 Å². The highest BCUT2D eigenvalue weighted by Crippen LogP contribution is 2.47. The standard InChI is InChI=1S/C26H34O3/c1-7-8-15-29-23-18-22-21(25(3,4)13-14-26(22,5)6)17-20(23)12-10-9-11-19(2)16-24(27)28/h7-12,16-18H,13-15H2,1-6H3,(H,27,28)/b8-7?,11-9+,12-10+,19-16+. The molecule has 29 heavy (non-hydrogen) atoms. The van der Waals surface area contributed by atoms with Gasteiger partial charge in [0.05, 0.1) is 0 Å². The smallest absolute Gasteiger partial charge is 0.328 e. The zero-order valence-corrected chi connectivity index (χ0v) is 18.6. The predicted molar refractivity (Wildman–Crippen MR) is 122 cm³/mol. The van der Waals surface area contributed by atoms with E-state index in [1.807, 2.05) is 37.3 Å². The number of carboxylic acids is 1. The summed E-state index contributed by atoms with van der Waals surface area (Å²) in [6, 6.07) is 4.49. The second-order valence-electron chi connectivity index (χ2n) is 9.03. The largest absolute Gasteiger partial charge is 0.489 e. The molecule has 3 nitrogen and oxygen atoms in total. The van der Waals surface area contributed by atoms with E-state index in [0.717, 1.165) is 24.2 Å². The molecule has 0 aliphatic heterocycles. The number of rotatable bonds is 7. The fourth-order valence-corrected chi connectivity index (χ4v) is 3.71. The monoisotopic (exact) mass is 394 g/mol. The van der Waals surface area contributed by atoms with Gasteiger partial charge in [0.25, 0.3) is 0 Å². The normalized spacial score (nSPS) is 18.5. The van der Waals surface area contributed by atoms with E-state index < -0.39 is 5.97 Å². The van der Waals surface area contributed by atoms with Gasteiger partial charge in [-0.25, -0.2) is 4.79 Å². The van der Waals surface area contributed by atoms with Gasteiger partial charge in [0.15, 0.2) is 0 Å². The van der Waals surface area contributed by atoms with Crippen LogP contribution in [0.1, 0.15) is 71.1 Å². The lowest BCUT2D eigenvalue weighted by Gasteiger charge is -2.42. The molecule has 0 unspecified atom stereocenters. The number of hydrogen-bond acceptors (Lipinski definition) is 2. The highest BCUT2D eigenvalue weighted by molar-refractivity contribution is 5.81. The van der Waals surface area contributed by atoms with Crippen LogP contribution in [0.5, 0.6) is 5.75 Å². The minimum Gasteiger partial charge on any atom is -0.489 e. The number of carbonyl (C=O) groups is 1. The molecule has 1 aromatic rings. The number of fused-ring (bicyclic) bond motifs is 1. The van der Waals surface area contributed by atoms with E-state index >= 15 is 0 Å². The minimum absolute atomic E-state index is 0.129. The number of ether oxygens (including phenoxy) is 1. The molecule has 0 saturated carbocycles. The average molecular weight is 395 g/mol. The summed E-state index contributed by atoms with van der Waals surface area (Å²) in [6.45, 7) is 13.5. The van der Waals surface area contributed by atoms with Gasteiger partial charge in [-0.15, -0.1) is 0 Å². The van der Waals surface area contributed by atoms with Crippen molar-refractivity contribution in [1.29, 1.82) is 0 Å². The minimum atomic E-state index is -0.935. The molecule has 1 aliphatic carbocycles. The van der Waals surface area contributed by atoms with Gasteiger partial charge in [-0.1, -0.05) is 64.2 Å². The second-order valence-corrected chi connectivity index (χ2v) is 9.03. The van der Waals surface area contributed by atoms with Crippen molar-refractivity contribution < 1.29 is 14.6 Å². The predicted octanol–water partition coefficient (Wildman–Crippen LogP) is 6.59. The number of carboxylic acid groups (broad SMARTS) is 1. The van der Waals surface area contributed by atoms with Gasteiger partial charge >= 0.3 is 5.97 Å². The molecule has 0 saturated heterocycles. The molecular formula is C26H34O3. The average Bonchev–Trinajstić information content (AvgIpc) is 2.62. The Morgan fingerprint density at radius 2 is 1.72 bits per heavy atom. The molecule has 0 radical (unpaired) electrons. The zero-order chi connectivity index (χ0) is 21.7. The Morgan fingerprint density at radius 3 is 2.31 bits per heavy atom. The summed E-state index contributed by atoms with van der Waals surface area (Å²) < 4.78 is 6.08. The van der Waals surface area contributed by atoms with Gasteiger partial charge in [-0.3, -0.25) is 0 Å². The summed E-state index contributed by atoms with van der Waals surface area (Å²) >= 11 is 0. The molecule has 2 rings (SSSR count). The van der Waals surface area contributed by atoms with Gasteiger partial charge in [0, 0.05) is 11.6 Å². The maximum absolute atomic E-state index is 10.7. The van der Waals surface area contributed by atoms with Crippen LogP contribution in [0.15, 0.2) is 54.2 Å². The van der Waals surface area contributed by atoms with Gasteiger partial charge in [-0.05, 0) is 66.4 Å². The van der Waals surface area contributed by atoms with E-state index in [2.05, 4.69) is 39.8 Å². The van der Waals surface area contributed by atoms with Crippen molar-refractivity contribution in [3.8, 4) is 5.75 Å². The van der Waals surface area contributed by atoms with Gasteiger partial charge in [-0.2, -0.15) is 0 Å². The SMILES string of the molecule is CC=CCOc1cc2c(cc1/C=C/C=C/C(C)=C/C(=O)O)C(C)(C)CCC2(C)C. The van der Waals surface area contributed by atoms with Crippen LogP contribution in [0, 0.1) is 0 Å². The third-order valence-corrected chi connectivity index (χ3v) is 5.65. The maximum atomic E-state index is 10.7. The molecule has 0 atom stereocenters. The quantitative estimate of drug-likeness (QED) is 0.322. The number of aliphatic carboxylic acids is 1. The molecular weight excluding hydrogens is 360 g/mol. The number of benzene rings is 1. The van der Waals surface area contributed by atoms with Crippen molar-refractivity contribution in [1.82, 2.24) is 0 Å². The van der Waals surface area contributed by atoms with Crippen LogP contribution in [0.4, 0.5) is 0 Å². The first-order chi connectivity index (χ1) is 13.6. The summed E-state index contributed by atoms with van der Waals surface area (Å²) in [6.07, 6.45) is 15.1. The van der Waals surface area contributed by atoms with Crippen molar-refractivity contribution in [2.75, 3.05) is 6.61 Å². The van der Waals surface area contributed by atoms with Crippen LogP contribution in [0.2, 0.25) is 0 Å². The summed E-state index contributed by atoms with van der Waals surface area (Å²) in [5, 5.41) is 8.81. The number of allylic oxidation sites excluding steroid dienone is 5. The fourth-order valence-electron chi connectivity index (χ4n) is 3.71. The van der Waals surface area contributed by atoms with E-state index in [-0.39, 0.29) is 10.8 Å². The lowest BCUT2D eigenvalue weighted by Crippen LogP contribution is -2.34. The van der Waals surface area contributed by atoms with Crippen molar-refractivity contribution in [2.45, 2.75) is 65.2 Å². The van der Waals surface area contributed by atoms with Crippen LogP contribution in [0.25, 0.3) is 6.08 Å². The molecule has 1 N–H and O–H groups in total. The number of hydrogen-bond donors (Lipinski definition) is 1. The van der Waals surface area contributed by atoms with Crippen molar-refractivity contribution in [3.63, 3.8) is 0 Å². The first kappa shape index (κ1) is 22.7. The Morgan fingerprint density at radius 1 is 1.10 bits per heavy atom. The zero-order valence-electron chi connectivity index (χ0n) is 18.6. The van der Waals surface area contributed by atoms with Crippen molar-refractivity contribution in [2.24, 2.45) is 0 Å². The first-order valence-electron chi connectivity index (χ1n) is 10.3. The highest BCUT2D eigenvalue weighted by atomic mass is 16.5. The summed E-state index contributed by atoms with van der Waals surface area (Å²) in [4.78, 5) is 10.7. The fraction of sp³-hybridized carbons (Fsp3) is 0.423. The lowest BCUT2D eigenvalue weighted by atomic mass is 9.63. The highest BCUT2D eigenvalue weighted by Gasteiger charge is 2.37. The van der Waals surface area contributed by atoms with Crippen LogP contribution >= 0.6 is 0 Å². The molecule has 1 aromatic carbocycles. The molecule has 0 spiro atoms. The molecule has 0 fully saturated rings. The van der Waals surface area contributed by atoms with Gasteiger partial charge in [0.1, 0.15) is 12.4 Å². The summed E-state index contributed by atoms with van der Waals surface area (Å²) in [5.41, 5.74) is 4.76. The first-order valence-corrected chi connectivity index (χ1v) is 10.3. The Labute approximate surface area is 175 Å². The molecule has 156 valence electrons. The molecule has 0 bridgehead atoms. The Hall–Kier alpha value is -2.55. The Kier molecular flexibility index (Phi) is 7.29. The molecule has 0 amide bonds. The van der Waals surface area contributed by atoms with E-state index in [0.29, 0.717) is 12.2 Å². The third-order valence-electron chi connectivity index (χ3n) is 5.65. The van der Waals surface area contributed by atoms with Crippen molar-refractivity contribution >= 4 is 12.0 Å². The van der Waals surface area contributed by atoms with Crippen LogP contribution < -0.4 is 4.74 Å². The summed E-state index contributed by atoms with van der Waals surface area (Å²) in [7, 11) is 0. The molecule has 0 heterocycles. The summed E-state index contributed by atoms with van der Waals surface area (Å²) in [5.74, 6) is -0.0506. The molecule has 1 aliphatic rings. The van der Waals surface area contributed by atoms with Gasteiger partial charge in [0.2, 0.25) is 0 Å². The maximum Gasteiger partial charge on any atom is 0.328 e. The Bertz CT molecular complexity index is 864. The van der Waals surface area contributed by atoms with Gasteiger partial charge < -0.3 is 9.84 Å². The second kappa shape index (κ2) is 9.30. The van der Waals surface area contributed by atoms with E-state index in [1.54, 1.807) is 13.0 Å². The molecule has 0 aromatic heterocycles. The Balaban J connectivity index is 2.45. The van der Waals surface area contributed by atoms with Crippen LogP contribution in [-0.4, -0.2) is 17.7 Å². The van der Waals surface area contributed by atoms with Crippen molar-refractivity contribution in [3.05, 3.63) is 70.9 Å². The van der Waals surface area contributed by atoms with Crippen LogP contribution in [-0.2, 0) is 15.6 Å². The van der Waals surface area contributed by atoms with Crippen LogP contribution in [0.3, 0.4) is 0 Å².